The van der Waals surface area contributed by atoms with Crippen molar-refractivity contribution in [2.75, 3.05) is 13.7 Å². The molecule has 3 N–H and O–H groups in total. The van der Waals surface area contributed by atoms with Crippen LogP contribution in [0.2, 0.25) is 0 Å². The Balaban J connectivity index is 1.77. The van der Waals surface area contributed by atoms with Crippen LogP contribution in [0.5, 0.6) is 5.75 Å². The third kappa shape index (κ3) is 6.28. The van der Waals surface area contributed by atoms with Gasteiger partial charge in [-0.15, -0.1) is 0 Å². The molecule has 0 bridgehead atoms. The lowest BCUT2D eigenvalue weighted by molar-refractivity contribution is -0.265. The van der Waals surface area contributed by atoms with Crippen molar-refractivity contribution >= 4 is 16.8 Å². The topological polar surface area (TPSA) is 105 Å². The molecule has 0 radical (unpaired) electrons. The van der Waals surface area contributed by atoms with Crippen LogP contribution in [-0.2, 0) is 17.4 Å². The minimum Gasteiger partial charge on any atom is -0.494 e. The average molecular weight is 630 g/mol. The maximum atomic E-state index is 15.4. The van der Waals surface area contributed by atoms with Gasteiger partial charge in [-0.2, -0.15) is 26.3 Å². The number of carbonyl (C=O) groups excluding carboxylic acids is 1. The van der Waals surface area contributed by atoms with E-state index in [2.05, 4.69) is 9.97 Å². The number of alkyl halides is 6. The van der Waals surface area contributed by atoms with E-state index in [0.29, 0.717) is 12.1 Å². The molecule has 0 aliphatic carbocycles. The number of halogens is 8. The summed E-state index contributed by atoms with van der Waals surface area (Å²) >= 11 is 0. The van der Waals surface area contributed by atoms with Gasteiger partial charge in [0.1, 0.15) is 28.5 Å². The maximum Gasteiger partial charge on any atom is 0.433 e. The summed E-state index contributed by atoms with van der Waals surface area (Å²) in [4.78, 5) is 20.2. The molecule has 1 unspecified atom stereocenters. The molecular formula is C29H23F8N3O4. The second-order valence-corrected chi connectivity index (χ2v) is 10.3. The molecule has 7 nitrogen and oxygen atoms in total. The Morgan fingerprint density at radius 3 is 2.07 bits per heavy atom. The van der Waals surface area contributed by atoms with Gasteiger partial charge in [-0.05, 0) is 62.4 Å². The number of fused-ring (bicyclic) bond motifs is 1. The summed E-state index contributed by atoms with van der Waals surface area (Å²) in [6.45, 7) is 0.600. The van der Waals surface area contributed by atoms with Crippen LogP contribution < -0.4 is 10.1 Å². The molecule has 2 heterocycles. The lowest BCUT2D eigenvalue weighted by atomic mass is 9.90. The van der Waals surface area contributed by atoms with E-state index in [1.54, 1.807) is 0 Å². The van der Waals surface area contributed by atoms with Crippen molar-refractivity contribution in [3.63, 3.8) is 0 Å². The van der Waals surface area contributed by atoms with Crippen LogP contribution >= 0.6 is 0 Å². The van der Waals surface area contributed by atoms with E-state index >= 15 is 4.39 Å². The molecule has 0 saturated heterocycles. The molecule has 2 aromatic heterocycles. The van der Waals surface area contributed by atoms with E-state index in [0.717, 1.165) is 63.4 Å². The summed E-state index contributed by atoms with van der Waals surface area (Å²) in [5.74, 6) is -3.45. The standard InChI is InChI=1S/C29H23F8N3O4/c1-26(2,42)18-12-21(40-24(22(18)31)14-4-7-17(30)8-5-14)27(43,29(35,36)37)13-38-25(41)16-10-15-6-9-20(28(32,33)34)39-23(15)19(11-16)44-3/h4-12,42-43H,13H2,1-3H3,(H,38,41). The fourth-order valence-electron chi connectivity index (χ4n) is 4.28. The van der Waals surface area contributed by atoms with Crippen molar-refractivity contribution in [1.82, 2.24) is 15.3 Å². The van der Waals surface area contributed by atoms with Gasteiger partial charge in [0.05, 0.1) is 24.9 Å². The van der Waals surface area contributed by atoms with Gasteiger partial charge in [-0.3, -0.25) is 4.79 Å². The number of methoxy groups -OCH3 is 1. The van der Waals surface area contributed by atoms with Crippen LogP contribution in [0.3, 0.4) is 0 Å². The largest absolute Gasteiger partial charge is 0.494 e. The molecule has 0 saturated carbocycles. The number of rotatable bonds is 7. The van der Waals surface area contributed by atoms with Crippen molar-refractivity contribution in [3.8, 4) is 17.0 Å². The number of ether oxygens (including phenoxy) is 1. The smallest absolute Gasteiger partial charge is 0.433 e. The first-order chi connectivity index (χ1) is 20.3. The van der Waals surface area contributed by atoms with E-state index in [9.17, 15) is 45.7 Å². The molecule has 1 amide bonds. The Morgan fingerprint density at radius 2 is 1.52 bits per heavy atom. The molecule has 0 aliphatic rings. The number of nitrogens with one attached hydrogen (secondary N) is 1. The van der Waals surface area contributed by atoms with Crippen LogP contribution in [-0.4, -0.2) is 45.9 Å². The van der Waals surface area contributed by atoms with E-state index in [1.165, 1.54) is 0 Å². The van der Waals surface area contributed by atoms with Crippen molar-refractivity contribution in [2.24, 2.45) is 0 Å². The number of hydrogen-bond donors (Lipinski definition) is 3. The number of nitrogens with zero attached hydrogens (tertiary/aromatic N) is 2. The summed E-state index contributed by atoms with van der Waals surface area (Å²) in [6.07, 6.45) is -10.3. The fourth-order valence-corrected chi connectivity index (χ4v) is 4.28. The van der Waals surface area contributed by atoms with Gasteiger partial charge in [-0.1, -0.05) is 6.07 Å². The number of aliphatic hydroxyl groups is 2. The predicted octanol–water partition coefficient (Wildman–Crippen LogP) is 6.01. The molecule has 1 atom stereocenters. The molecule has 234 valence electrons. The zero-order valence-corrected chi connectivity index (χ0v) is 23.0. The highest BCUT2D eigenvalue weighted by Crippen LogP contribution is 2.41. The molecule has 4 aromatic rings. The van der Waals surface area contributed by atoms with E-state index in [1.807, 2.05) is 5.32 Å². The molecule has 4 rings (SSSR count). The lowest BCUT2D eigenvalue weighted by Gasteiger charge is -2.32. The molecule has 2 aromatic carbocycles. The maximum absolute atomic E-state index is 15.4. The lowest BCUT2D eigenvalue weighted by Crippen LogP contribution is -2.51. The van der Waals surface area contributed by atoms with Crippen LogP contribution in [0.25, 0.3) is 22.2 Å². The fraction of sp³-hybridized carbons (Fsp3) is 0.276. The normalized spacial score (nSPS) is 13.9. The zero-order valence-electron chi connectivity index (χ0n) is 23.0. The van der Waals surface area contributed by atoms with Crippen LogP contribution in [0.15, 0.2) is 54.6 Å². The first-order valence-corrected chi connectivity index (χ1v) is 12.6. The summed E-state index contributed by atoms with van der Waals surface area (Å²) in [6, 6.07) is 8.03. The van der Waals surface area contributed by atoms with E-state index in [-0.39, 0.29) is 27.8 Å². The Kier molecular flexibility index (Phi) is 8.34. The minimum absolute atomic E-state index is 0.00690. The number of hydrogen-bond acceptors (Lipinski definition) is 6. The number of pyridine rings is 2. The van der Waals surface area contributed by atoms with Gasteiger partial charge in [-0.25, -0.2) is 18.7 Å². The monoisotopic (exact) mass is 629 g/mol. The summed E-state index contributed by atoms with van der Waals surface area (Å²) in [7, 11) is 1.08. The highest BCUT2D eigenvalue weighted by atomic mass is 19.4. The van der Waals surface area contributed by atoms with Crippen molar-refractivity contribution < 1.29 is 54.9 Å². The number of aromatic nitrogens is 2. The van der Waals surface area contributed by atoms with Gasteiger partial charge in [0.2, 0.25) is 5.60 Å². The summed E-state index contributed by atoms with van der Waals surface area (Å²) in [5, 5.41) is 23.4. The second-order valence-electron chi connectivity index (χ2n) is 10.3. The number of benzene rings is 2. The van der Waals surface area contributed by atoms with Gasteiger partial charge in [0.15, 0.2) is 5.82 Å². The summed E-state index contributed by atoms with van der Waals surface area (Å²) < 4.78 is 117. The number of amides is 1. The Bertz CT molecular complexity index is 1720. The first kappa shape index (κ1) is 32.5. The van der Waals surface area contributed by atoms with Gasteiger partial charge in [0, 0.05) is 22.1 Å². The Labute approximate surface area is 244 Å². The predicted molar refractivity (Wildman–Crippen MR) is 140 cm³/mol. The van der Waals surface area contributed by atoms with Crippen molar-refractivity contribution in [1.29, 1.82) is 0 Å². The highest BCUT2D eigenvalue weighted by molar-refractivity contribution is 6.00. The highest BCUT2D eigenvalue weighted by Gasteiger charge is 2.57. The third-order valence-electron chi connectivity index (χ3n) is 6.66. The minimum atomic E-state index is -5.53. The molecular weight excluding hydrogens is 606 g/mol. The molecule has 0 fully saturated rings. The van der Waals surface area contributed by atoms with Crippen molar-refractivity contribution in [2.45, 2.75) is 37.4 Å². The molecule has 44 heavy (non-hydrogen) atoms. The van der Waals surface area contributed by atoms with Gasteiger partial charge in [0.25, 0.3) is 5.91 Å². The Morgan fingerprint density at radius 1 is 0.886 bits per heavy atom. The van der Waals surface area contributed by atoms with Gasteiger partial charge < -0.3 is 20.3 Å². The van der Waals surface area contributed by atoms with Crippen LogP contribution in [0, 0.1) is 11.6 Å². The Hall–Kier alpha value is -4.37. The summed E-state index contributed by atoms with van der Waals surface area (Å²) in [5.41, 5.74) is -10.7. The van der Waals surface area contributed by atoms with E-state index in [4.69, 9.17) is 4.74 Å². The van der Waals surface area contributed by atoms with Crippen LogP contribution in [0.1, 0.15) is 41.2 Å². The first-order valence-electron chi connectivity index (χ1n) is 12.6. The molecule has 0 aliphatic heterocycles. The third-order valence-corrected chi connectivity index (χ3v) is 6.66. The quantitative estimate of drug-likeness (QED) is 0.217. The SMILES string of the molecule is COc1cc(C(=O)NCC(O)(c2cc(C(C)(C)O)c(F)c(-c3ccc(F)cc3)n2)C(F)(F)F)cc2ccc(C(F)(F)F)nc12. The van der Waals surface area contributed by atoms with Crippen molar-refractivity contribution in [3.05, 3.63) is 88.7 Å². The molecule has 15 heteroatoms. The second kappa shape index (κ2) is 11.3. The van der Waals surface area contributed by atoms with Crippen LogP contribution in [0.4, 0.5) is 35.1 Å². The van der Waals surface area contributed by atoms with E-state index < -0.39 is 70.3 Å². The average Bonchev–Trinajstić information content (AvgIpc) is 2.93. The number of carbonyl (C=O) groups is 1. The van der Waals surface area contributed by atoms with Gasteiger partial charge >= 0.3 is 12.4 Å². The zero-order chi connectivity index (χ0) is 32.8. The molecule has 0 spiro atoms.